The lowest BCUT2D eigenvalue weighted by molar-refractivity contribution is 0.182. The van der Waals surface area contributed by atoms with Gasteiger partial charge in [0.15, 0.2) is 0 Å². The molecule has 0 aromatic heterocycles. The summed E-state index contributed by atoms with van der Waals surface area (Å²) in [5.74, 6) is 1.52. The Labute approximate surface area is 98.8 Å². The van der Waals surface area contributed by atoms with E-state index in [0.29, 0.717) is 0 Å². The van der Waals surface area contributed by atoms with Crippen molar-refractivity contribution in [3.05, 3.63) is 42.0 Å². The quantitative estimate of drug-likeness (QED) is 0.731. The van der Waals surface area contributed by atoms with Crippen LogP contribution in [0.5, 0.6) is 0 Å². The molecular weight excluding hydrogens is 194 g/mol. The van der Waals surface area contributed by atoms with E-state index in [2.05, 4.69) is 61.4 Å². The van der Waals surface area contributed by atoms with Crippen LogP contribution in [0.2, 0.25) is 0 Å². The molecule has 16 heavy (non-hydrogen) atoms. The molecule has 0 saturated carbocycles. The second kappa shape index (κ2) is 5.31. The molecule has 1 unspecified atom stereocenters. The summed E-state index contributed by atoms with van der Waals surface area (Å²) in [5, 5.41) is 0. The Morgan fingerprint density at radius 3 is 2.69 bits per heavy atom. The largest absolute Gasteiger partial charge is 0.306 e. The molecule has 1 aromatic carbocycles. The zero-order valence-electron chi connectivity index (χ0n) is 10.3. The minimum atomic E-state index is 0.747. The van der Waals surface area contributed by atoms with Crippen molar-refractivity contribution in [2.75, 3.05) is 20.1 Å². The lowest BCUT2D eigenvalue weighted by Gasteiger charge is -2.33. The van der Waals surface area contributed by atoms with E-state index in [4.69, 9.17) is 0 Å². The highest BCUT2D eigenvalue weighted by Crippen LogP contribution is 2.24. The van der Waals surface area contributed by atoms with Gasteiger partial charge in [0, 0.05) is 6.54 Å². The number of likely N-dealkylation sites (tertiary alicyclic amines) is 1. The van der Waals surface area contributed by atoms with Crippen molar-refractivity contribution in [1.82, 2.24) is 4.90 Å². The van der Waals surface area contributed by atoms with Crippen molar-refractivity contribution >= 4 is 6.08 Å². The van der Waals surface area contributed by atoms with Gasteiger partial charge < -0.3 is 4.90 Å². The van der Waals surface area contributed by atoms with Crippen LogP contribution in [0, 0.1) is 11.8 Å². The first-order chi connectivity index (χ1) is 7.75. The van der Waals surface area contributed by atoms with Crippen molar-refractivity contribution in [2.45, 2.75) is 13.3 Å². The fourth-order valence-corrected chi connectivity index (χ4v) is 2.46. The second-order valence-electron chi connectivity index (χ2n) is 4.96. The average Bonchev–Trinajstić information content (AvgIpc) is 2.29. The number of hydrogen-bond acceptors (Lipinski definition) is 1. The van der Waals surface area contributed by atoms with Gasteiger partial charge >= 0.3 is 0 Å². The predicted molar refractivity (Wildman–Crippen MR) is 70.2 cm³/mol. The molecule has 1 heterocycles. The first kappa shape index (κ1) is 11.4. The Morgan fingerprint density at radius 2 is 2.00 bits per heavy atom. The van der Waals surface area contributed by atoms with Gasteiger partial charge in [0.25, 0.3) is 0 Å². The number of piperidine rings is 1. The summed E-state index contributed by atoms with van der Waals surface area (Å²) in [6.07, 6.45) is 5.96. The van der Waals surface area contributed by atoms with E-state index in [1.807, 2.05) is 0 Å². The summed E-state index contributed by atoms with van der Waals surface area (Å²) < 4.78 is 0. The SMILES string of the molecule is C[C@H]1CN(C)CCC1/C=C\c1ccccc1. The van der Waals surface area contributed by atoms with Crippen LogP contribution in [-0.4, -0.2) is 25.0 Å². The molecule has 0 amide bonds. The monoisotopic (exact) mass is 215 g/mol. The van der Waals surface area contributed by atoms with Crippen molar-refractivity contribution in [3.63, 3.8) is 0 Å². The highest BCUT2D eigenvalue weighted by atomic mass is 15.1. The standard InChI is InChI=1S/C15H21N/c1-13-12-16(2)11-10-15(13)9-8-14-6-4-3-5-7-14/h3-9,13,15H,10-12H2,1-2H3/b9-8-/t13-,15?/m0/s1. The molecule has 1 nitrogen and oxygen atoms in total. The van der Waals surface area contributed by atoms with Crippen molar-refractivity contribution < 1.29 is 0 Å². The van der Waals surface area contributed by atoms with Crippen LogP contribution in [0.4, 0.5) is 0 Å². The van der Waals surface area contributed by atoms with Crippen LogP contribution in [0.3, 0.4) is 0 Å². The summed E-state index contributed by atoms with van der Waals surface area (Å²) in [7, 11) is 2.22. The fourth-order valence-electron chi connectivity index (χ4n) is 2.46. The van der Waals surface area contributed by atoms with Gasteiger partial charge in [0.1, 0.15) is 0 Å². The molecule has 1 aliphatic heterocycles. The molecule has 2 atom stereocenters. The number of rotatable bonds is 2. The van der Waals surface area contributed by atoms with E-state index in [-0.39, 0.29) is 0 Å². The normalized spacial score (nSPS) is 27.4. The topological polar surface area (TPSA) is 3.24 Å². The Balaban J connectivity index is 1.97. The third-order valence-electron chi connectivity index (χ3n) is 3.51. The van der Waals surface area contributed by atoms with Crippen LogP contribution in [0.1, 0.15) is 18.9 Å². The summed E-state index contributed by atoms with van der Waals surface area (Å²) in [4.78, 5) is 2.43. The van der Waals surface area contributed by atoms with E-state index in [1.165, 1.54) is 25.1 Å². The average molecular weight is 215 g/mol. The molecule has 0 spiro atoms. The highest BCUT2D eigenvalue weighted by Gasteiger charge is 2.21. The molecule has 1 heteroatoms. The Hall–Kier alpha value is -1.08. The van der Waals surface area contributed by atoms with Crippen LogP contribution < -0.4 is 0 Å². The maximum Gasteiger partial charge on any atom is 0.000961 e. The lowest BCUT2D eigenvalue weighted by atomic mass is 9.86. The number of allylic oxidation sites excluding steroid dienone is 1. The predicted octanol–water partition coefficient (Wildman–Crippen LogP) is 3.29. The van der Waals surface area contributed by atoms with Crippen LogP contribution >= 0.6 is 0 Å². The summed E-state index contributed by atoms with van der Waals surface area (Å²) in [6.45, 7) is 4.81. The zero-order valence-corrected chi connectivity index (χ0v) is 10.3. The smallest absolute Gasteiger partial charge is 0.000961 e. The van der Waals surface area contributed by atoms with Gasteiger partial charge in [-0.05, 0) is 37.4 Å². The molecule has 1 saturated heterocycles. The molecule has 86 valence electrons. The van der Waals surface area contributed by atoms with Gasteiger partial charge in [0.05, 0.1) is 0 Å². The number of nitrogens with zero attached hydrogens (tertiary/aromatic N) is 1. The Kier molecular flexibility index (Phi) is 3.79. The summed E-state index contributed by atoms with van der Waals surface area (Å²) in [5.41, 5.74) is 1.31. The van der Waals surface area contributed by atoms with Crippen LogP contribution in [0.15, 0.2) is 36.4 Å². The van der Waals surface area contributed by atoms with Gasteiger partial charge in [-0.3, -0.25) is 0 Å². The van der Waals surface area contributed by atoms with Crippen LogP contribution in [-0.2, 0) is 0 Å². The summed E-state index contributed by atoms with van der Waals surface area (Å²) in [6, 6.07) is 10.6. The molecule has 0 N–H and O–H groups in total. The molecule has 0 radical (unpaired) electrons. The maximum atomic E-state index is 2.43. The van der Waals surface area contributed by atoms with Crippen LogP contribution in [0.25, 0.3) is 6.08 Å². The summed E-state index contributed by atoms with van der Waals surface area (Å²) >= 11 is 0. The first-order valence-corrected chi connectivity index (χ1v) is 6.17. The third-order valence-corrected chi connectivity index (χ3v) is 3.51. The second-order valence-corrected chi connectivity index (χ2v) is 4.96. The molecule has 2 rings (SSSR count). The minimum Gasteiger partial charge on any atom is -0.306 e. The molecule has 1 fully saturated rings. The van der Waals surface area contributed by atoms with Crippen molar-refractivity contribution in [3.8, 4) is 0 Å². The maximum absolute atomic E-state index is 2.43. The van der Waals surface area contributed by atoms with E-state index < -0.39 is 0 Å². The van der Waals surface area contributed by atoms with Gasteiger partial charge in [-0.1, -0.05) is 49.4 Å². The number of hydrogen-bond donors (Lipinski definition) is 0. The van der Waals surface area contributed by atoms with Gasteiger partial charge in [-0.2, -0.15) is 0 Å². The van der Waals surface area contributed by atoms with Crippen molar-refractivity contribution in [2.24, 2.45) is 11.8 Å². The van der Waals surface area contributed by atoms with Gasteiger partial charge in [0.2, 0.25) is 0 Å². The third kappa shape index (κ3) is 2.96. The molecule has 1 aromatic rings. The zero-order chi connectivity index (χ0) is 11.4. The fraction of sp³-hybridized carbons (Fsp3) is 0.467. The van der Waals surface area contributed by atoms with E-state index >= 15 is 0 Å². The van der Waals surface area contributed by atoms with E-state index in [9.17, 15) is 0 Å². The van der Waals surface area contributed by atoms with Gasteiger partial charge in [-0.25, -0.2) is 0 Å². The molecule has 0 bridgehead atoms. The van der Waals surface area contributed by atoms with E-state index in [1.54, 1.807) is 0 Å². The first-order valence-electron chi connectivity index (χ1n) is 6.17. The minimum absolute atomic E-state index is 0.747. The Morgan fingerprint density at radius 1 is 1.25 bits per heavy atom. The van der Waals surface area contributed by atoms with Crippen molar-refractivity contribution in [1.29, 1.82) is 0 Å². The molecule has 0 aliphatic carbocycles. The number of benzene rings is 1. The molecular formula is C15H21N. The lowest BCUT2D eigenvalue weighted by Crippen LogP contribution is -2.35. The van der Waals surface area contributed by atoms with Gasteiger partial charge in [-0.15, -0.1) is 0 Å². The highest BCUT2D eigenvalue weighted by molar-refractivity contribution is 5.49. The Bertz CT molecular complexity index is 342. The molecule has 1 aliphatic rings. The van der Waals surface area contributed by atoms with E-state index in [0.717, 1.165) is 11.8 Å².